The second-order valence-corrected chi connectivity index (χ2v) is 8.69. The molecule has 0 amide bonds. The van der Waals surface area contributed by atoms with Crippen molar-refractivity contribution in [2.45, 2.75) is 108 Å². The van der Waals surface area contributed by atoms with Crippen molar-refractivity contribution >= 4 is 5.97 Å². The molecule has 1 aliphatic rings. The van der Waals surface area contributed by atoms with Gasteiger partial charge in [-0.15, -0.1) is 0 Å². The van der Waals surface area contributed by atoms with Crippen LogP contribution in [0.5, 0.6) is 0 Å². The third-order valence-electron chi connectivity index (χ3n) is 5.11. The number of nitrogens with two attached hydrogens (primary N) is 2. The summed E-state index contributed by atoms with van der Waals surface area (Å²) >= 11 is 0. The van der Waals surface area contributed by atoms with Crippen LogP contribution >= 0.6 is 0 Å². The molecule has 0 spiro atoms. The molecule has 0 heterocycles. The molecule has 0 radical (unpaired) electrons. The zero-order valence-electron chi connectivity index (χ0n) is 16.6. The number of halogens is 2. The van der Waals surface area contributed by atoms with E-state index in [9.17, 15) is 9.90 Å². The zero-order valence-corrected chi connectivity index (χ0v) is 16.6. The molecule has 1 saturated carbocycles. The van der Waals surface area contributed by atoms with Gasteiger partial charge in [0.25, 0.3) is 0 Å². The van der Waals surface area contributed by atoms with Gasteiger partial charge in [-0.25, -0.2) is 13.6 Å². The lowest BCUT2D eigenvalue weighted by Gasteiger charge is -2.41. The number of aliphatic hydroxyl groups excluding tert-OH is 1. The number of alkyl halides is 2. The van der Waals surface area contributed by atoms with Gasteiger partial charge >= 0.3 is 11.9 Å². The summed E-state index contributed by atoms with van der Waals surface area (Å²) in [6.07, 6.45) is 3.16. The van der Waals surface area contributed by atoms with Crippen LogP contribution in [0.4, 0.5) is 8.78 Å². The van der Waals surface area contributed by atoms with E-state index in [2.05, 4.69) is 0 Å². The molecule has 0 aromatic rings. The molecule has 7 heteroatoms. The van der Waals surface area contributed by atoms with Gasteiger partial charge in [-0.05, 0) is 39.5 Å². The number of carbonyl (C=O) groups excluding carboxylic acids is 1. The summed E-state index contributed by atoms with van der Waals surface area (Å²) in [5.74, 6) is -4.87. The van der Waals surface area contributed by atoms with Crippen LogP contribution in [0.15, 0.2) is 0 Å². The summed E-state index contributed by atoms with van der Waals surface area (Å²) in [7, 11) is 0. The molecule has 3 unspecified atom stereocenters. The molecule has 0 aromatic carbocycles. The summed E-state index contributed by atoms with van der Waals surface area (Å²) in [4.78, 5) is 12.5. The first-order valence-electron chi connectivity index (χ1n) is 9.69. The third kappa shape index (κ3) is 5.60. The Bertz CT molecular complexity index is 462. The van der Waals surface area contributed by atoms with E-state index >= 15 is 8.78 Å². The van der Waals surface area contributed by atoms with Crippen LogP contribution < -0.4 is 11.5 Å². The lowest BCUT2D eigenvalue weighted by molar-refractivity contribution is -0.201. The fourth-order valence-corrected chi connectivity index (χ4v) is 3.64. The molecule has 0 aliphatic heterocycles. The fraction of sp³-hybridized carbons (Fsp3) is 0.947. The number of ether oxygens (including phenoxy) is 1. The van der Waals surface area contributed by atoms with Gasteiger partial charge in [0.05, 0.1) is 0 Å². The van der Waals surface area contributed by atoms with Crippen molar-refractivity contribution in [2.75, 3.05) is 0 Å². The average molecular weight is 379 g/mol. The molecule has 1 aliphatic carbocycles. The van der Waals surface area contributed by atoms with E-state index in [4.69, 9.17) is 16.2 Å². The molecule has 0 bridgehead atoms. The van der Waals surface area contributed by atoms with Crippen molar-refractivity contribution in [2.24, 2.45) is 17.4 Å². The predicted molar refractivity (Wildman–Crippen MR) is 97.8 cm³/mol. The van der Waals surface area contributed by atoms with Crippen LogP contribution in [0.1, 0.15) is 79.1 Å². The van der Waals surface area contributed by atoms with E-state index in [1.807, 2.05) is 0 Å². The van der Waals surface area contributed by atoms with Crippen LogP contribution in [0.25, 0.3) is 0 Å². The zero-order chi connectivity index (χ0) is 20.2. The third-order valence-corrected chi connectivity index (χ3v) is 5.11. The van der Waals surface area contributed by atoms with Crippen molar-refractivity contribution in [3.05, 3.63) is 0 Å². The van der Waals surface area contributed by atoms with E-state index in [0.29, 0.717) is 6.42 Å². The Morgan fingerprint density at radius 1 is 1.23 bits per heavy atom. The molecule has 1 rings (SSSR count). The van der Waals surface area contributed by atoms with Crippen molar-refractivity contribution in [3.63, 3.8) is 0 Å². The Morgan fingerprint density at radius 2 is 1.77 bits per heavy atom. The summed E-state index contributed by atoms with van der Waals surface area (Å²) < 4.78 is 35.4. The molecule has 3 atom stereocenters. The highest BCUT2D eigenvalue weighted by atomic mass is 19.3. The van der Waals surface area contributed by atoms with Gasteiger partial charge in [-0.3, -0.25) is 0 Å². The second kappa shape index (κ2) is 8.93. The maximum atomic E-state index is 15.1. The summed E-state index contributed by atoms with van der Waals surface area (Å²) in [6.45, 7) is 6.40. The monoisotopic (exact) mass is 378 g/mol. The SMILES string of the molecule is CCCC(N)(C(=O)OC(C)(C)C)C(F)(F)C(O)C(N)CC1CCCCC1. The number of hydrogen-bond acceptors (Lipinski definition) is 5. The van der Waals surface area contributed by atoms with Gasteiger partial charge in [0.2, 0.25) is 0 Å². The standard InChI is InChI=1S/C19H36F2N2O3/c1-5-11-18(23,16(25)26-17(2,3)4)19(20,21)15(24)14(22)12-13-9-7-6-8-10-13/h13-15,24H,5-12,22-23H2,1-4H3. The fourth-order valence-electron chi connectivity index (χ4n) is 3.64. The van der Waals surface area contributed by atoms with Crippen LogP contribution in [0, 0.1) is 5.92 Å². The first kappa shape index (κ1) is 23.2. The lowest BCUT2D eigenvalue weighted by Crippen LogP contribution is -2.69. The highest BCUT2D eigenvalue weighted by Gasteiger charge is 2.62. The minimum absolute atomic E-state index is 0.226. The van der Waals surface area contributed by atoms with Crippen LogP contribution in [0.2, 0.25) is 0 Å². The highest BCUT2D eigenvalue weighted by molar-refractivity contribution is 5.82. The summed E-state index contributed by atoms with van der Waals surface area (Å²) in [6, 6.07) is -1.14. The quantitative estimate of drug-likeness (QED) is 0.564. The van der Waals surface area contributed by atoms with Crippen molar-refractivity contribution in [1.82, 2.24) is 0 Å². The van der Waals surface area contributed by atoms with E-state index < -0.39 is 35.2 Å². The first-order chi connectivity index (χ1) is 11.8. The maximum absolute atomic E-state index is 15.1. The van der Waals surface area contributed by atoms with Crippen LogP contribution in [-0.4, -0.2) is 40.3 Å². The van der Waals surface area contributed by atoms with Crippen molar-refractivity contribution < 1.29 is 23.4 Å². The smallest absolute Gasteiger partial charge is 0.333 e. The van der Waals surface area contributed by atoms with Gasteiger partial charge in [0.15, 0.2) is 5.54 Å². The van der Waals surface area contributed by atoms with E-state index in [-0.39, 0.29) is 18.8 Å². The highest BCUT2D eigenvalue weighted by Crippen LogP contribution is 2.38. The number of hydrogen-bond donors (Lipinski definition) is 3. The van der Waals surface area contributed by atoms with Crippen molar-refractivity contribution in [3.8, 4) is 0 Å². The number of aliphatic hydroxyl groups is 1. The average Bonchev–Trinajstić information content (AvgIpc) is 2.53. The molecule has 154 valence electrons. The van der Waals surface area contributed by atoms with E-state index in [1.165, 1.54) is 0 Å². The van der Waals surface area contributed by atoms with Gasteiger partial charge in [0.1, 0.15) is 11.7 Å². The minimum Gasteiger partial charge on any atom is -0.458 e. The van der Waals surface area contributed by atoms with E-state index in [0.717, 1.165) is 32.1 Å². The minimum atomic E-state index is -3.89. The topological polar surface area (TPSA) is 98.6 Å². The largest absolute Gasteiger partial charge is 0.458 e. The number of esters is 1. The normalized spacial score (nSPS) is 21.7. The molecule has 5 N–H and O–H groups in total. The summed E-state index contributed by atoms with van der Waals surface area (Å²) in [5, 5.41) is 10.3. The van der Waals surface area contributed by atoms with Gasteiger partial charge in [0, 0.05) is 6.04 Å². The molecular formula is C19H36F2N2O3. The first-order valence-corrected chi connectivity index (χ1v) is 9.69. The van der Waals surface area contributed by atoms with Gasteiger partial charge < -0.3 is 21.3 Å². The Hall–Kier alpha value is -0.790. The van der Waals surface area contributed by atoms with E-state index in [1.54, 1.807) is 27.7 Å². The molecule has 0 aromatic heterocycles. The van der Waals surface area contributed by atoms with Crippen LogP contribution in [0.3, 0.4) is 0 Å². The molecule has 1 fully saturated rings. The maximum Gasteiger partial charge on any atom is 0.333 e. The molecular weight excluding hydrogens is 342 g/mol. The Labute approximate surface area is 155 Å². The second-order valence-electron chi connectivity index (χ2n) is 8.69. The lowest BCUT2D eigenvalue weighted by atomic mass is 9.78. The van der Waals surface area contributed by atoms with Crippen LogP contribution in [-0.2, 0) is 9.53 Å². The van der Waals surface area contributed by atoms with Crippen molar-refractivity contribution in [1.29, 1.82) is 0 Å². The molecule has 26 heavy (non-hydrogen) atoms. The van der Waals surface area contributed by atoms with Gasteiger partial charge in [-0.2, -0.15) is 0 Å². The predicted octanol–water partition coefficient (Wildman–Crippen LogP) is 3.12. The Balaban J connectivity index is 2.96. The summed E-state index contributed by atoms with van der Waals surface area (Å²) in [5.41, 5.74) is 8.22. The molecule has 5 nitrogen and oxygen atoms in total. The Morgan fingerprint density at radius 3 is 2.23 bits per heavy atom. The van der Waals surface area contributed by atoms with Gasteiger partial charge in [-0.1, -0.05) is 45.4 Å². The Kier molecular flexibility index (Phi) is 7.99. The molecule has 0 saturated heterocycles. The number of carbonyl (C=O) groups is 1. The number of rotatable bonds is 8.